The molecule has 0 radical (unpaired) electrons. The van der Waals surface area contributed by atoms with Crippen molar-refractivity contribution in [1.29, 1.82) is 0 Å². The van der Waals surface area contributed by atoms with Crippen molar-refractivity contribution >= 4 is 44.7 Å². The number of amides is 1. The largest absolute Gasteiger partial charge is 0.326 e. The molecule has 3 rings (SSSR count). The standard InChI is InChI=1S/C17H15ClN2O2S/c1-11-6-7-12(10-13(11)18)19-16(21)8-9-20-14-4-2-3-5-15(14)23-17(20)22/h2-7,10H,8-9H2,1H3,(H,19,21). The number of carbonyl (C=O) groups excluding carboxylic acids is 1. The fraction of sp³-hybridized carbons (Fsp3) is 0.176. The number of fused-ring (bicyclic) bond motifs is 1. The highest BCUT2D eigenvalue weighted by Gasteiger charge is 2.09. The minimum absolute atomic E-state index is 0.0441. The van der Waals surface area contributed by atoms with Gasteiger partial charge in [0.05, 0.1) is 10.2 Å². The number of benzene rings is 2. The lowest BCUT2D eigenvalue weighted by Gasteiger charge is -2.07. The van der Waals surface area contributed by atoms with Gasteiger partial charge < -0.3 is 5.32 Å². The highest BCUT2D eigenvalue weighted by atomic mass is 35.5. The van der Waals surface area contributed by atoms with Crippen LogP contribution in [0.2, 0.25) is 5.02 Å². The fourth-order valence-corrected chi connectivity index (χ4v) is 3.43. The Morgan fingerprint density at radius 3 is 2.83 bits per heavy atom. The minimum atomic E-state index is -0.146. The predicted molar refractivity (Wildman–Crippen MR) is 95.5 cm³/mol. The van der Waals surface area contributed by atoms with Crippen LogP contribution in [0.1, 0.15) is 12.0 Å². The van der Waals surface area contributed by atoms with E-state index < -0.39 is 0 Å². The Balaban J connectivity index is 1.70. The molecule has 1 N–H and O–H groups in total. The average Bonchev–Trinajstić information content (AvgIpc) is 2.84. The molecule has 0 aliphatic rings. The van der Waals surface area contributed by atoms with Gasteiger partial charge in [-0.25, -0.2) is 0 Å². The molecular formula is C17H15ClN2O2S. The van der Waals surface area contributed by atoms with E-state index in [0.717, 1.165) is 15.8 Å². The Bertz CT molecular complexity index is 930. The summed E-state index contributed by atoms with van der Waals surface area (Å²) in [6.45, 7) is 2.26. The van der Waals surface area contributed by atoms with Crippen LogP contribution in [0.5, 0.6) is 0 Å². The van der Waals surface area contributed by atoms with Crippen LogP contribution in [-0.4, -0.2) is 10.5 Å². The molecule has 0 bridgehead atoms. The summed E-state index contributed by atoms with van der Waals surface area (Å²) in [6, 6.07) is 13.0. The van der Waals surface area contributed by atoms with Crippen LogP contribution >= 0.6 is 22.9 Å². The number of nitrogens with one attached hydrogen (secondary N) is 1. The Kier molecular flexibility index (Phi) is 4.50. The van der Waals surface area contributed by atoms with Gasteiger partial charge in [0.1, 0.15) is 0 Å². The van der Waals surface area contributed by atoms with Gasteiger partial charge in [-0.3, -0.25) is 14.2 Å². The lowest BCUT2D eigenvalue weighted by molar-refractivity contribution is -0.116. The first kappa shape index (κ1) is 15.8. The number of aromatic nitrogens is 1. The molecule has 118 valence electrons. The Labute approximate surface area is 142 Å². The Morgan fingerprint density at radius 1 is 1.26 bits per heavy atom. The molecule has 1 aromatic heterocycles. The van der Waals surface area contributed by atoms with Gasteiger partial charge in [-0.2, -0.15) is 0 Å². The van der Waals surface area contributed by atoms with Crippen molar-refractivity contribution < 1.29 is 4.79 Å². The van der Waals surface area contributed by atoms with E-state index in [0.29, 0.717) is 17.3 Å². The number of rotatable bonds is 4. The molecule has 23 heavy (non-hydrogen) atoms. The summed E-state index contributed by atoms with van der Waals surface area (Å²) >= 11 is 7.24. The highest BCUT2D eigenvalue weighted by molar-refractivity contribution is 7.16. The van der Waals surface area contributed by atoms with Crippen molar-refractivity contribution in [2.45, 2.75) is 19.9 Å². The highest BCUT2D eigenvalue weighted by Crippen LogP contribution is 2.20. The molecule has 0 atom stereocenters. The number of anilines is 1. The molecule has 4 nitrogen and oxygen atoms in total. The quantitative estimate of drug-likeness (QED) is 0.774. The number of carbonyl (C=O) groups is 1. The summed E-state index contributed by atoms with van der Waals surface area (Å²) in [5, 5.41) is 3.42. The van der Waals surface area contributed by atoms with Gasteiger partial charge >= 0.3 is 4.87 Å². The lowest BCUT2D eigenvalue weighted by atomic mass is 10.2. The number of hydrogen-bond donors (Lipinski definition) is 1. The van der Waals surface area contributed by atoms with Gasteiger partial charge in [-0.15, -0.1) is 0 Å². The molecule has 0 unspecified atom stereocenters. The monoisotopic (exact) mass is 346 g/mol. The lowest BCUT2D eigenvalue weighted by Crippen LogP contribution is -2.19. The predicted octanol–water partition coefficient (Wildman–Crippen LogP) is 4.05. The summed E-state index contributed by atoms with van der Waals surface area (Å²) in [5.74, 6) is -0.146. The van der Waals surface area contributed by atoms with Crippen LogP contribution in [0.25, 0.3) is 10.2 Å². The molecule has 0 saturated heterocycles. The minimum Gasteiger partial charge on any atom is -0.326 e. The van der Waals surface area contributed by atoms with Crippen molar-refractivity contribution in [3.05, 3.63) is 62.7 Å². The summed E-state index contributed by atoms with van der Waals surface area (Å²) in [5.41, 5.74) is 2.49. The van der Waals surface area contributed by atoms with Gasteiger partial charge in [-0.1, -0.05) is 41.1 Å². The number of para-hydroxylation sites is 1. The molecule has 1 heterocycles. The van der Waals surface area contributed by atoms with Crippen LogP contribution in [-0.2, 0) is 11.3 Å². The van der Waals surface area contributed by atoms with E-state index in [1.807, 2.05) is 43.3 Å². The van der Waals surface area contributed by atoms with Gasteiger partial charge in [0.25, 0.3) is 0 Å². The van der Waals surface area contributed by atoms with Gasteiger partial charge in [0.2, 0.25) is 5.91 Å². The first-order chi connectivity index (χ1) is 11.0. The maximum atomic E-state index is 12.1. The smallest absolute Gasteiger partial charge is 0.308 e. The molecule has 0 fully saturated rings. The summed E-state index contributed by atoms with van der Waals surface area (Å²) in [4.78, 5) is 24.1. The van der Waals surface area contributed by atoms with Crippen LogP contribution in [0, 0.1) is 6.92 Å². The average molecular weight is 347 g/mol. The van der Waals surface area contributed by atoms with E-state index >= 15 is 0 Å². The number of aryl methyl sites for hydroxylation is 2. The van der Waals surface area contributed by atoms with E-state index in [1.165, 1.54) is 11.3 Å². The maximum Gasteiger partial charge on any atom is 0.308 e. The third kappa shape index (κ3) is 3.46. The molecule has 0 aliphatic heterocycles. The number of halogens is 1. The molecule has 2 aromatic carbocycles. The summed E-state index contributed by atoms with van der Waals surface area (Å²) < 4.78 is 2.57. The molecule has 3 aromatic rings. The van der Waals surface area contributed by atoms with Gasteiger partial charge in [-0.05, 0) is 36.8 Å². The third-order valence-corrected chi connectivity index (χ3v) is 4.96. The van der Waals surface area contributed by atoms with Gasteiger partial charge in [0, 0.05) is 23.7 Å². The van der Waals surface area contributed by atoms with E-state index in [1.54, 1.807) is 10.6 Å². The second-order valence-electron chi connectivity index (χ2n) is 5.25. The van der Waals surface area contributed by atoms with Crippen molar-refractivity contribution in [2.75, 3.05) is 5.32 Å². The second-order valence-corrected chi connectivity index (χ2v) is 6.65. The first-order valence-corrected chi connectivity index (χ1v) is 8.38. The van der Waals surface area contributed by atoms with E-state index in [4.69, 9.17) is 11.6 Å². The van der Waals surface area contributed by atoms with Crippen molar-refractivity contribution in [1.82, 2.24) is 4.57 Å². The van der Waals surface area contributed by atoms with E-state index in [9.17, 15) is 9.59 Å². The summed E-state index contributed by atoms with van der Waals surface area (Å²) in [7, 11) is 0. The number of hydrogen-bond acceptors (Lipinski definition) is 3. The zero-order valence-corrected chi connectivity index (χ0v) is 14.1. The van der Waals surface area contributed by atoms with Crippen LogP contribution in [0.15, 0.2) is 47.3 Å². The fourth-order valence-electron chi connectivity index (χ4n) is 2.33. The topological polar surface area (TPSA) is 51.1 Å². The summed E-state index contributed by atoms with van der Waals surface area (Å²) in [6.07, 6.45) is 0.228. The molecule has 1 amide bonds. The van der Waals surface area contributed by atoms with Crippen LogP contribution in [0.4, 0.5) is 5.69 Å². The first-order valence-electron chi connectivity index (χ1n) is 7.19. The zero-order valence-electron chi connectivity index (χ0n) is 12.5. The molecular weight excluding hydrogens is 332 g/mol. The maximum absolute atomic E-state index is 12.1. The van der Waals surface area contributed by atoms with E-state index in [2.05, 4.69) is 5.32 Å². The molecule has 0 saturated carbocycles. The third-order valence-electron chi connectivity index (χ3n) is 3.59. The van der Waals surface area contributed by atoms with E-state index in [-0.39, 0.29) is 17.2 Å². The normalized spacial score (nSPS) is 10.9. The van der Waals surface area contributed by atoms with Crippen molar-refractivity contribution in [3.63, 3.8) is 0 Å². The number of nitrogens with zero attached hydrogens (tertiary/aromatic N) is 1. The Morgan fingerprint density at radius 2 is 2.04 bits per heavy atom. The zero-order chi connectivity index (χ0) is 16.4. The second kappa shape index (κ2) is 6.56. The van der Waals surface area contributed by atoms with Gasteiger partial charge in [0.15, 0.2) is 0 Å². The number of thiazole rings is 1. The van der Waals surface area contributed by atoms with Crippen LogP contribution < -0.4 is 10.2 Å². The van der Waals surface area contributed by atoms with Crippen molar-refractivity contribution in [3.8, 4) is 0 Å². The Hall–Kier alpha value is -2.11. The molecule has 0 aliphatic carbocycles. The van der Waals surface area contributed by atoms with Crippen molar-refractivity contribution in [2.24, 2.45) is 0 Å². The SMILES string of the molecule is Cc1ccc(NC(=O)CCn2c(=O)sc3ccccc32)cc1Cl. The molecule has 0 spiro atoms. The molecule has 6 heteroatoms. The van der Waals surface area contributed by atoms with Crippen LogP contribution in [0.3, 0.4) is 0 Å².